The summed E-state index contributed by atoms with van der Waals surface area (Å²) in [6.07, 6.45) is 0.183. The van der Waals surface area contributed by atoms with Crippen LogP contribution in [0.1, 0.15) is 19.4 Å². The van der Waals surface area contributed by atoms with Gasteiger partial charge in [0.25, 0.3) is 0 Å². The summed E-state index contributed by atoms with van der Waals surface area (Å²) in [5.74, 6) is -2.41. The van der Waals surface area contributed by atoms with Gasteiger partial charge in [0.1, 0.15) is 5.71 Å². The lowest BCUT2D eigenvalue weighted by Crippen LogP contribution is -2.39. The molecule has 1 aliphatic rings. The van der Waals surface area contributed by atoms with Crippen molar-refractivity contribution >= 4 is 29.3 Å². The van der Waals surface area contributed by atoms with Crippen molar-refractivity contribution in [3.63, 3.8) is 0 Å². The topological polar surface area (TPSA) is 100.0 Å². The van der Waals surface area contributed by atoms with E-state index < -0.39 is 24.0 Å². The molecule has 22 heavy (non-hydrogen) atoms. The molecule has 0 N–H and O–H groups in total. The minimum Gasteiger partial charge on any atom is -0.465 e. The highest BCUT2D eigenvalue weighted by Crippen LogP contribution is 2.28. The van der Waals surface area contributed by atoms with E-state index in [0.29, 0.717) is 5.56 Å². The van der Waals surface area contributed by atoms with E-state index in [1.165, 1.54) is 12.3 Å². The van der Waals surface area contributed by atoms with E-state index in [-0.39, 0.29) is 24.1 Å². The predicted octanol–water partition coefficient (Wildman–Crippen LogP) is 0.975. The van der Waals surface area contributed by atoms with Crippen LogP contribution in [0.3, 0.4) is 0 Å². The highest BCUT2D eigenvalue weighted by molar-refractivity contribution is 6.34. The monoisotopic (exact) mass is 327 g/mol. The van der Waals surface area contributed by atoms with Crippen molar-refractivity contribution in [2.24, 2.45) is 11.1 Å². The molecule has 0 saturated carbocycles. The Bertz CT molecular complexity index is 607. The van der Waals surface area contributed by atoms with Gasteiger partial charge < -0.3 is 14.3 Å². The maximum absolute atomic E-state index is 12.2. The van der Waals surface area contributed by atoms with E-state index in [4.69, 9.17) is 25.9 Å². The molecule has 2 heterocycles. The van der Waals surface area contributed by atoms with Crippen molar-refractivity contribution in [1.29, 1.82) is 0 Å². The van der Waals surface area contributed by atoms with E-state index in [2.05, 4.69) is 15.4 Å². The standard InChI is InChI=1S/C13H14ClN3O5/c1-3-20-12(18)8-9(7-5-6-15-16-11(7)14)17-22-10(8)13(19)21-4-2/h5-6,8,10H,3-4H2,1-2H3. The molecule has 0 aromatic carbocycles. The number of carbonyl (C=O) groups excluding carboxylic acids is 2. The van der Waals surface area contributed by atoms with Crippen molar-refractivity contribution in [1.82, 2.24) is 10.2 Å². The number of aromatic nitrogens is 2. The van der Waals surface area contributed by atoms with Crippen LogP contribution in [0.25, 0.3) is 0 Å². The molecule has 0 spiro atoms. The third-order valence-corrected chi connectivity index (χ3v) is 3.15. The molecule has 0 bridgehead atoms. The van der Waals surface area contributed by atoms with Crippen LogP contribution in [-0.2, 0) is 23.9 Å². The Hall–Kier alpha value is -2.22. The molecule has 1 aromatic heterocycles. The van der Waals surface area contributed by atoms with Gasteiger partial charge in [0.15, 0.2) is 11.1 Å². The molecule has 2 unspecified atom stereocenters. The van der Waals surface area contributed by atoms with Crippen LogP contribution in [0.15, 0.2) is 17.4 Å². The average molecular weight is 328 g/mol. The van der Waals surface area contributed by atoms with Gasteiger partial charge >= 0.3 is 11.9 Å². The molecule has 1 aliphatic heterocycles. The smallest absolute Gasteiger partial charge is 0.351 e. The van der Waals surface area contributed by atoms with Crippen LogP contribution in [0.5, 0.6) is 0 Å². The van der Waals surface area contributed by atoms with Gasteiger partial charge in [-0.05, 0) is 19.9 Å². The average Bonchev–Trinajstić information content (AvgIpc) is 2.93. The number of rotatable bonds is 5. The summed E-state index contributed by atoms with van der Waals surface area (Å²) in [6, 6.07) is 1.53. The Labute approximate surface area is 131 Å². The molecule has 2 rings (SSSR count). The molecule has 0 radical (unpaired) electrons. The van der Waals surface area contributed by atoms with Crippen molar-refractivity contribution in [3.05, 3.63) is 23.0 Å². The molecule has 2 atom stereocenters. The molecule has 8 nitrogen and oxygen atoms in total. The lowest BCUT2D eigenvalue weighted by Gasteiger charge is -2.16. The number of ether oxygens (including phenoxy) is 2. The third-order valence-electron chi connectivity index (χ3n) is 2.87. The molecule has 9 heteroatoms. The number of nitrogens with zero attached hydrogens (tertiary/aromatic N) is 3. The predicted molar refractivity (Wildman–Crippen MR) is 75.2 cm³/mol. The van der Waals surface area contributed by atoms with Crippen LogP contribution in [-0.4, -0.2) is 47.2 Å². The molecular formula is C13H14ClN3O5. The van der Waals surface area contributed by atoms with Crippen LogP contribution < -0.4 is 0 Å². The summed E-state index contributed by atoms with van der Waals surface area (Å²) in [5.41, 5.74) is 0.512. The van der Waals surface area contributed by atoms with Gasteiger partial charge in [-0.15, -0.1) is 5.10 Å². The Kier molecular flexibility index (Phi) is 5.26. The molecule has 0 amide bonds. The van der Waals surface area contributed by atoms with E-state index in [1.54, 1.807) is 13.8 Å². The van der Waals surface area contributed by atoms with Gasteiger partial charge in [-0.1, -0.05) is 16.8 Å². The zero-order chi connectivity index (χ0) is 16.1. The summed E-state index contributed by atoms with van der Waals surface area (Å²) in [7, 11) is 0. The summed E-state index contributed by atoms with van der Waals surface area (Å²) in [4.78, 5) is 29.2. The lowest BCUT2D eigenvalue weighted by atomic mass is 9.93. The Morgan fingerprint density at radius 2 is 1.95 bits per heavy atom. The van der Waals surface area contributed by atoms with Crippen molar-refractivity contribution < 1.29 is 23.9 Å². The van der Waals surface area contributed by atoms with E-state index >= 15 is 0 Å². The summed E-state index contributed by atoms with van der Waals surface area (Å²) < 4.78 is 9.88. The first-order chi connectivity index (χ1) is 10.6. The van der Waals surface area contributed by atoms with E-state index in [9.17, 15) is 9.59 Å². The van der Waals surface area contributed by atoms with Gasteiger partial charge in [-0.3, -0.25) is 4.79 Å². The fourth-order valence-corrected chi connectivity index (χ4v) is 2.17. The second-order valence-electron chi connectivity index (χ2n) is 4.22. The number of carbonyl (C=O) groups is 2. The molecule has 118 valence electrons. The van der Waals surface area contributed by atoms with Gasteiger partial charge in [0.05, 0.1) is 19.4 Å². The Balaban J connectivity index is 2.35. The van der Waals surface area contributed by atoms with Crippen LogP contribution in [0.2, 0.25) is 5.15 Å². The molecule has 0 aliphatic carbocycles. The minimum atomic E-state index is -1.21. The highest BCUT2D eigenvalue weighted by atomic mass is 35.5. The van der Waals surface area contributed by atoms with E-state index in [0.717, 1.165) is 0 Å². The van der Waals surface area contributed by atoms with Gasteiger partial charge in [-0.25, -0.2) is 4.79 Å². The Morgan fingerprint density at radius 3 is 2.59 bits per heavy atom. The zero-order valence-electron chi connectivity index (χ0n) is 12.0. The lowest BCUT2D eigenvalue weighted by molar-refractivity contribution is -0.164. The molecular weight excluding hydrogens is 314 g/mol. The summed E-state index contributed by atoms with van der Waals surface area (Å²) in [6.45, 7) is 3.62. The quantitative estimate of drug-likeness (QED) is 0.743. The highest BCUT2D eigenvalue weighted by Gasteiger charge is 2.47. The van der Waals surface area contributed by atoms with Crippen LogP contribution >= 0.6 is 11.6 Å². The largest absolute Gasteiger partial charge is 0.465 e. The number of oxime groups is 1. The van der Waals surface area contributed by atoms with Crippen molar-refractivity contribution in [2.45, 2.75) is 20.0 Å². The SMILES string of the molecule is CCOC(=O)C1ON=C(c2ccnnc2Cl)C1C(=O)OCC. The fraction of sp³-hybridized carbons (Fsp3) is 0.462. The molecule has 0 fully saturated rings. The normalized spacial score (nSPS) is 20.0. The fourth-order valence-electron chi connectivity index (χ4n) is 1.97. The first kappa shape index (κ1) is 16.2. The summed E-state index contributed by atoms with van der Waals surface area (Å²) in [5, 5.41) is 11.1. The number of hydrogen-bond acceptors (Lipinski definition) is 8. The van der Waals surface area contributed by atoms with Gasteiger partial charge in [0.2, 0.25) is 6.10 Å². The first-order valence-corrected chi connectivity index (χ1v) is 7.02. The third kappa shape index (κ3) is 3.16. The van der Waals surface area contributed by atoms with Crippen LogP contribution in [0, 0.1) is 5.92 Å². The van der Waals surface area contributed by atoms with Crippen molar-refractivity contribution in [2.75, 3.05) is 13.2 Å². The van der Waals surface area contributed by atoms with Crippen LogP contribution in [0.4, 0.5) is 0 Å². The van der Waals surface area contributed by atoms with E-state index in [1.807, 2.05) is 0 Å². The second kappa shape index (κ2) is 7.17. The minimum absolute atomic E-state index is 0.0451. The van der Waals surface area contributed by atoms with Crippen molar-refractivity contribution in [3.8, 4) is 0 Å². The number of esters is 2. The number of halogens is 1. The van der Waals surface area contributed by atoms with Gasteiger partial charge in [-0.2, -0.15) is 5.10 Å². The molecule has 1 aromatic rings. The molecule has 0 saturated heterocycles. The maximum atomic E-state index is 12.2. The zero-order valence-corrected chi connectivity index (χ0v) is 12.7. The second-order valence-corrected chi connectivity index (χ2v) is 4.58. The Morgan fingerprint density at radius 1 is 1.27 bits per heavy atom. The van der Waals surface area contributed by atoms with Gasteiger partial charge in [0, 0.05) is 5.56 Å². The maximum Gasteiger partial charge on any atom is 0.351 e. The first-order valence-electron chi connectivity index (χ1n) is 6.64. The summed E-state index contributed by atoms with van der Waals surface area (Å²) >= 11 is 5.96. The number of hydrogen-bond donors (Lipinski definition) is 0.